The van der Waals surface area contributed by atoms with E-state index in [4.69, 9.17) is 11.6 Å². The lowest BCUT2D eigenvalue weighted by atomic mass is 9.93. The van der Waals surface area contributed by atoms with Crippen molar-refractivity contribution >= 4 is 17.4 Å². The molecule has 110 valence electrons. The molecule has 1 aliphatic rings. The Hall–Kier alpha value is -2.33. The first-order valence-electron chi connectivity index (χ1n) is 7.29. The largest absolute Gasteiger partial charge is 0.369 e. The highest BCUT2D eigenvalue weighted by atomic mass is 35.5. The fraction of sp³-hybridized carbons (Fsp3) is 0.176. The van der Waals surface area contributed by atoms with Crippen LogP contribution in [0.1, 0.15) is 17.0 Å². The molecule has 0 radical (unpaired) electrons. The molecule has 0 amide bonds. The smallest absolute Gasteiger partial charge is 0.131 e. The third kappa shape index (κ3) is 2.35. The first kappa shape index (κ1) is 13.3. The number of aromatic amines is 1. The second-order valence-electron chi connectivity index (χ2n) is 5.49. The van der Waals surface area contributed by atoms with Gasteiger partial charge in [0.05, 0.1) is 11.9 Å². The van der Waals surface area contributed by atoms with Crippen LogP contribution in [0.25, 0.3) is 11.3 Å². The van der Waals surface area contributed by atoms with Gasteiger partial charge in [-0.2, -0.15) is 5.10 Å². The second kappa shape index (κ2) is 5.46. The first-order valence-corrected chi connectivity index (χ1v) is 7.67. The van der Waals surface area contributed by atoms with E-state index < -0.39 is 0 Å². The van der Waals surface area contributed by atoms with Crippen molar-refractivity contribution in [3.63, 3.8) is 0 Å². The number of halogens is 1. The predicted octanol–water partition coefficient (Wildman–Crippen LogP) is 3.88. The molecule has 2 N–H and O–H groups in total. The van der Waals surface area contributed by atoms with E-state index in [0.29, 0.717) is 11.1 Å². The van der Waals surface area contributed by atoms with Crippen molar-refractivity contribution in [1.29, 1.82) is 0 Å². The molecular formula is C17H15ClN4. The zero-order valence-electron chi connectivity index (χ0n) is 11.9. The number of pyridine rings is 1. The highest BCUT2D eigenvalue weighted by Crippen LogP contribution is 2.35. The van der Waals surface area contributed by atoms with Crippen molar-refractivity contribution in [3.8, 4) is 11.3 Å². The summed E-state index contributed by atoms with van der Waals surface area (Å²) >= 11 is 5.95. The van der Waals surface area contributed by atoms with Gasteiger partial charge in [0.15, 0.2) is 0 Å². The lowest BCUT2D eigenvalue weighted by Crippen LogP contribution is -2.05. The molecule has 0 saturated heterocycles. The van der Waals surface area contributed by atoms with E-state index in [2.05, 4.69) is 38.7 Å². The maximum Gasteiger partial charge on any atom is 0.131 e. The van der Waals surface area contributed by atoms with Crippen molar-refractivity contribution in [2.24, 2.45) is 0 Å². The molecule has 3 heterocycles. The monoisotopic (exact) mass is 310 g/mol. The van der Waals surface area contributed by atoms with E-state index in [1.807, 2.05) is 30.5 Å². The number of nitrogens with zero attached hydrogens (tertiary/aromatic N) is 2. The Morgan fingerprint density at radius 1 is 1.14 bits per heavy atom. The van der Waals surface area contributed by atoms with Crippen LogP contribution in [0, 0.1) is 0 Å². The summed E-state index contributed by atoms with van der Waals surface area (Å²) in [6, 6.07) is 14.2. The predicted molar refractivity (Wildman–Crippen MR) is 88.2 cm³/mol. The molecule has 1 aromatic carbocycles. The topological polar surface area (TPSA) is 53.6 Å². The van der Waals surface area contributed by atoms with Crippen LogP contribution in [-0.4, -0.2) is 21.7 Å². The lowest BCUT2D eigenvalue weighted by molar-refractivity contribution is 0.753. The molecule has 0 fully saturated rings. The maximum absolute atomic E-state index is 5.95. The van der Waals surface area contributed by atoms with E-state index in [-0.39, 0.29) is 0 Å². The third-order valence-electron chi connectivity index (χ3n) is 4.09. The summed E-state index contributed by atoms with van der Waals surface area (Å²) in [7, 11) is 0. The van der Waals surface area contributed by atoms with Gasteiger partial charge in [-0.15, -0.1) is 0 Å². The standard InChI is InChI=1S/C17H15ClN4/c18-15-7-6-14-12(9-19-17(14)21-15)8-13-10-20-22-16(13)11-4-2-1-3-5-11/h1-7,10,12H,8-9H2,(H,19,21)(H,20,22). The van der Waals surface area contributed by atoms with Gasteiger partial charge in [0.2, 0.25) is 0 Å². The van der Waals surface area contributed by atoms with Crippen LogP contribution < -0.4 is 5.32 Å². The van der Waals surface area contributed by atoms with Crippen LogP contribution in [0.4, 0.5) is 5.82 Å². The van der Waals surface area contributed by atoms with Crippen LogP contribution in [0.15, 0.2) is 48.7 Å². The molecular weight excluding hydrogens is 296 g/mol. The maximum atomic E-state index is 5.95. The van der Waals surface area contributed by atoms with Gasteiger partial charge >= 0.3 is 0 Å². The first-order chi connectivity index (χ1) is 10.8. The summed E-state index contributed by atoms with van der Waals surface area (Å²) in [5.74, 6) is 1.29. The van der Waals surface area contributed by atoms with Gasteiger partial charge in [-0.1, -0.05) is 48.0 Å². The summed E-state index contributed by atoms with van der Waals surface area (Å²) in [5, 5.41) is 11.2. The van der Waals surface area contributed by atoms with Gasteiger partial charge in [-0.05, 0) is 29.2 Å². The fourth-order valence-corrected chi connectivity index (χ4v) is 3.16. The van der Waals surface area contributed by atoms with E-state index in [1.54, 1.807) is 0 Å². The van der Waals surface area contributed by atoms with Crippen LogP contribution in [0.5, 0.6) is 0 Å². The minimum absolute atomic E-state index is 0.389. The highest BCUT2D eigenvalue weighted by Gasteiger charge is 2.25. The van der Waals surface area contributed by atoms with E-state index in [1.165, 1.54) is 11.1 Å². The Bertz CT molecular complexity index is 797. The minimum Gasteiger partial charge on any atom is -0.369 e. The zero-order valence-corrected chi connectivity index (χ0v) is 12.6. The molecule has 1 unspecified atom stereocenters. The summed E-state index contributed by atoms with van der Waals surface area (Å²) < 4.78 is 0. The van der Waals surface area contributed by atoms with Crippen molar-refractivity contribution in [1.82, 2.24) is 15.2 Å². The van der Waals surface area contributed by atoms with Crippen LogP contribution in [0.2, 0.25) is 5.15 Å². The Morgan fingerprint density at radius 2 is 2.00 bits per heavy atom. The zero-order chi connectivity index (χ0) is 14.9. The number of hydrogen-bond donors (Lipinski definition) is 2. The lowest BCUT2D eigenvalue weighted by Gasteiger charge is -2.10. The number of benzene rings is 1. The summed E-state index contributed by atoms with van der Waals surface area (Å²) in [6.45, 7) is 0.877. The molecule has 3 aromatic rings. The van der Waals surface area contributed by atoms with Crippen LogP contribution in [0.3, 0.4) is 0 Å². The van der Waals surface area contributed by atoms with E-state index >= 15 is 0 Å². The molecule has 0 spiro atoms. The van der Waals surface area contributed by atoms with E-state index in [0.717, 1.165) is 30.0 Å². The molecule has 5 heteroatoms. The number of fused-ring (bicyclic) bond motifs is 1. The number of nitrogens with one attached hydrogen (secondary N) is 2. The molecule has 0 aliphatic carbocycles. The minimum atomic E-state index is 0.389. The Kier molecular flexibility index (Phi) is 3.31. The average molecular weight is 311 g/mol. The Balaban J connectivity index is 1.63. The fourth-order valence-electron chi connectivity index (χ4n) is 3.02. The summed E-state index contributed by atoms with van der Waals surface area (Å²) in [4.78, 5) is 4.34. The molecule has 4 nitrogen and oxygen atoms in total. The van der Waals surface area contributed by atoms with Crippen molar-refractivity contribution in [3.05, 3.63) is 64.9 Å². The number of anilines is 1. The SMILES string of the molecule is Clc1ccc2c(n1)NCC2Cc1cn[nH]c1-c1ccccc1. The van der Waals surface area contributed by atoms with E-state index in [9.17, 15) is 0 Å². The molecule has 1 aliphatic heterocycles. The molecule has 1 atom stereocenters. The molecule has 0 saturated carbocycles. The third-order valence-corrected chi connectivity index (χ3v) is 4.31. The van der Waals surface area contributed by atoms with Crippen molar-refractivity contribution < 1.29 is 0 Å². The number of aromatic nitrogens is 3. The Morgan fingerprint density at radius 3 is 2.86 bits per heavy atom. The summed E-state index contributed by atoms with van der Waals surface area (Å²) in [5.41, 5.74) is 4.71. The summed E-state index contributed by atoms with van der Waals surface area (Å²) in [6.07, 6.45) is 2.84. The highest BCUT2D eigenvalue weighted by molar-refractivity contribution is 6.29. The Labute approximate surface area is 133 Å². The normalized spacial score (nSPS) is 16.3. The number of rotatable bonds is 3. The number of hydrogen-bond acceptors (Lipinski definition) is 3. The average Bonchev–Trinajstić information content (AvgIpc) is 3.16. The van der Waals surface area contributed by atoms with Gasteiger partial charge < -0.3 is 5.32 Å². The van der Waals surface area contributed by atoms with Gasteiger partial charge in [0.1, 0.15) is 11.0 Å². The van der Waals surface area contributed by atoms with Gasteiger partial charge in [-0.25, -0.2) is 4.98 Å². The second-order valence-corrected chi connectivity index (χ2v) is 5.88. The molecule has 4 rings (SSSR count). The quantitative estimate of drug-likeness (QED) is 0.722. The van der Waals surface area contributed by atoms with Gasteiger partial charge in [0.25, 0.3) is 0 Å². The van der Waals surface area contributed by atoms with Gasteiger partial charge in [0, 0.05) is 12.5 Å². The number of H-pyrrole nitrogens is 1. The molecule has 0 bridgehead atoms. The van der Waals surface area contributed by atoms with Crippen molar-refractivity contribution in [2.75, 3.05) is 11.9 Å². The van der Waals surface area contributed by atoms with Crippen molar-refractivity contribution in [2.45, 2.75) is 12.3 Å². The van der Waals surface area contributed by atoms with Crippen LogP contribution in [-0.2, 0) is 6.42 Å². The molecule has 22 heavy (non-hydrogen) atoms. The van der Waals surface area contributed by atoms with Gasteiger partial charge in [-0.3, -0.25) is 5.10 Å². The molecule has 2 aromatic heterocycles. The van der Waals surface area contributed by atoms with Crippen LogP contribution >= 0.6 is 11.6 Å².